The van der Waals surface area contributed by atoms with Gasteiger partial charge in [0.2, 0.25) is 0 Å². The van der Waals surface area contributed by atoms with Crippen molar-refractivity contribution in [2.75, 3.05) is 11.9 Å². The van der Waals surface area contributed by atoms with Gasteiger partial charge in [0.25, 0.3) is 0 Å². The summed E-state index contributed by atoms with van der Waals surface area (Å²) >= 11 is 0. The Morgan fingerprint density at radius 1 is 1.27 bits per heavy atom. The van der Waals surface area contributed by atoms with E-state index in [9.17, 15) is 35.1 Å². The second-order valence-electron chi connectivity index (χ2n) is 10.7. The summed E-state index contributed by atoms with van der Waals surface area (Å²) in [4.78, 5) is 36.4. The lowest BCUT2D eigenvalue weighted by molar-refractivity contribution is -0.374. The van der Waals surface area contributed by atoms with Gasteiger partial charge in [-0.15, -0.1) is 0 Å². The van der Waals surface area contributed by atoms with Crippen LogP contribution in [0.1, 0.15) is 38.4 Å². The molecule has 6 N–H and O–H groups in total. The lowest BCUT2D eigenvalue weighted by atomic mass is 9.70. The summed E-state index contributed by atoms with van der Waals surface area (Å²) < 4.78 is 8.60. The summed E-state index contributed by atoms with van der Waals surface area (Å²) in [5.41, 5.74) is -0.678. The van der Waals surface area contributed by atoms with Crippen molar-refractivity contribution in [3.05, 3.63) is 51.7 Å². The van der Waals surface area contributed by atoms with Crippen molar-refractivity contribution in [2.24, 2.45) is 0 Å². The molecule has 15 nitrogen and oxygen atoms in total. The molecular formula is C26H27N7O8. The van der Waals surface area contributed by atoms with E-state index in [4.69, 9.17) is 14.8 Å². The van der Waals surface area contributed by atoms with E-state index in [0.717, 1.165) is 0 Å². The van der Waals surface area contributed by atoms with Crippen molar-refractivity contribution in [1.29, 1.82) is 0 Å². The van der Waals surface area contributed by atoms with Crippen molar-refractivity contribution in [3.8, 4) is 0 Å². The summed E-state index contributed by atoms with van der Waals surface area (Å²) in [6.45, 7) is 3.36. The van der Waals surface area contributed by atoms with Crippen LogP contribution in [0.4, 0.5) is 11.6 Å². The minimum absolute atomic E-state index is 0.0103. The van der Waals surface area contributed by atoms with E-state index >= 15 is 0 Å². The van der Waals surface area contributed by atoms with Crippen LogP contribution in [0.5, 0.6) is 0 Å². The normalized spacial score (nSPS) is 23.8. The molecule has 2 aliphatic heterocycles. The Bertz CT molecular complexity index is 1860. The van der Waals surface area contributed by atoms with E-state index < -0.39 is 41.5 Å². The predicted molar refractivity (Wildman–Crippen MR) is 141 cm³/mol. The molecule has 8 bridgehead atoms. The van der Waals surface area contributed by atoms with Gasteiger partial charge >= 0.3 is 17.8 Å². The van der Waals surface area contributed by atoms with Crippen LogP contribution in [0.3, 0.4) is 0 Å². The highest BCUT2D eigenvalue weighted by Gasteiger charge is 2.62. The predicted octanol–water partition coefficient (Wildman–Crippen LogP) is -0.568. The van der Waals surface area contributed by atoms with Gasteiger partial charge in [0.1, 0.15) is 11.6 Å². The summed E-state index contributed by atoms with van der Waals surface area (Å²) in [5, 5.41) is 60.1. The second kappa shape index (κ2) is 8.43. The van der Waals surface area contributed by atoms with E-state index in [-0.39, 0.29) is 42.7 Å². The number of aliphatic hydroxyl groups is 5. The molecule has 214 valence electrons. The summed E-state index contributed by atoms with van der Waals surface area (Å²) in [6.07, 6.45) is -4.04. The Morgan fingerprint density at radius 3 is 2.76 bits per heavy atom. The molecule has 4 aromatic heterocycles. The molecule has 0 aromatic carbocycles. The largest absolute Gasteiger partial charge is 0.464 e. The summed E-state index contributed by atoms with van der Waals surface area (Å²) in [5.74, 6) is -0.0796. The first-order chi connectivity index (χ1) is 19.5. The van der Waals surface area contributed by atoms with Gasteiger partial charge < -0.3 is 35.6 Å². The van der Waals surface area contributed by atoms with Gasteiger partial charge in [-0.05, 0) is 37.1 Å². The van der Waals surface area contributed by atoms with Crippen molar-refractivity contribution < 1.29 is 35.1 Å². The minimum atomic E-state index is -3.53. The van der Waals surface area contributed by atoms with Crippen molar-refractivity contribution >= 4 is 39.7 Å². The van der Waals surface area contributed by atoms with Gasteiger partial charge in [-0.3, -0.25) is 4.57 Å². The molecule has 4 aliphatic rings. The maximum absolute atomic E-state index is 13.8. The maximum atomic E-state index is 13.8. The van der Waals surface area contributed by atoms with Crippen LogP contribution in [-0.4, -0.2) is 79.2 Å². The Hall–Kier alpha value is -4.15. The maximum Gasteiger partial charge on any atom is 0.377 e. The third-order valence-corrected chi connectivity index (χ3v) is 8.12. The summed E-state index contributed by atoms with van der Waals surface area (Å²) in [7, 11) is 0. The number of aliphatic hydroxyl groups excluding tert-OH is 2. The van der Waals surface area contributed by atoms with Crippen LogP contribution in [0.25, 0.3) is 22.1 Å². The zero-order chi connectivity index (χ0) is 29.0. The molecule has 41 heavy (non-hydrogen) atoms. The fourth-order valence-corrected chi connectivity index (χ4v) is 6.58. The van der Waals surface area contributed by atoms with Crippen LogP contribution < -0.4 is 11.0 Å². The van der Waals surface area contributed by atoms with Gasteiger partial charge in [0.05, 0.1) is 47.8 Å². The number of pyridine rings is 2. The Labute approximate surface area is 230 Å². The number of nitrogens with one attached hydrogen (secondary N) is 1. The Kier molecular flexibility index (Phi) is 5.31. The van der Waals surface area contributed by atoms with Gasteiger partial charge in [-0.1, -0.05) is 0 Å². The van der Waals surface area contributed by atoms with Gasteiger partial charge in [-0.25, -0.2) is 28.8 Å². The van der Waals surface area contributed by atoms with Gasteiger partial charge in [-0.2, -0.15) is 5.10 Å². The standard InChI is InChI=1S/C26H27N7O8/c1-3-41-23(36)25-9-13-15(7-18(35)21(13)25)31-16-8-20(27-10-17(16)32(24(31)37)26(38,39)40)28-19-5-4-12-14(6-11(2)34)30-33(25)22(12)29-19/h4-5,8,10-11,15,18,34-35,38-40H,3,6-7,9H2,1-2H3,(H,27,28,29). The molecular weight excluding hydrogens is 538 g/mol. The molecule has 15 heteroatoms. The Morgan fingerprint density at radius 2 is 2.05 bits per heavy atom. The van der Waals surface area contributed by atoms with E-state index in [2.05, 4.69) is 10.3 Å². The number of hydrogen-bond donors (Lipinski definition) is 6. The number of hydrogen-bond acceptors (Lipinski definition) is 12. The molecule has 0 radical (unpaired) electrons. The number of anilines is 2. The lowest BCUT2D eigenvalue weighted by Gasteiger charge is -2.43. The molecule has 0 saturated carbocycles. The zero-order valence-electron chi connectivity index (χ0n) is 22.0. The molecule has 4 atom stereocenters. The fraction of sp³-hybridized carbons (Fsp3) is 0.423. The third-order valence-electron chi connectivity index (χ3n) is 8.12. The zero-order valence-corrected chi connectivity index (χ0v) is 22.0. The van der Waals surface area contributed by atoms with Crippen molar-refractivity contribution in [2.45, 2.75) is 63.0 Å². The molecule has 4 aromatic rings. The average Bonchev–Trinajstić information content (AvgIpc) is 3.45. The molecule has 0 amide bonds. The highest BCUT2D eigenvalue weighted by atomic mass is 16.7. The van der Waals surface area contributed by atoms with Gasteiger partial charge in [0, 0.05) is 30.7 Å². The molecule has 4 unspecified atom stereocenters. The third kappa shape index (κ3) is 3.40. The second-order valence-corrected chi connectivity index (χ2v) is 10.7. The van der Waals surface area contributed by atoms with E-state index in [1.54, 1.807) is 26.0 Å². The highest BCUT2D eigenvalue weighted by molar-refractivity contribution is 5.91. The molecule has 0 spiro atoms. The highest BCUT2D eigenvalue weighted by Crippen LogP contribution is 2.58. The molecule has 6 heterocycles. The number of esters is 1. The lowest BCUT2D eigenvalue weighted by Crippen LogP contribution is -2.53. The SMILES string of the molecule is CCOC(=O)C12CC3=C1C(O)CC3n1c(=O)n(C(O)(O)O)c3cnc(cc31)Nc1ccc3c(CC(C)O)nn2c3n1. The fourth-order valence-electron chi connectivity index (χ4n) is 6.58. The summed E-state index contributed by atoms with van der Waals surface area (Å²) in [6, 6.07) is 4.14. The van der Waals surface area contributed by atoms with Crippen molar-refractivity contribution in [3.63, 3.8) is 0 Å². The molecule has 0 saturated heterocycles. The smallest absolute Gasteiger partial charge is 0.377 e. The number of ether oxygens (including phenoxy) is 1. The number of aromatic nitrogens is 6. The first kappa shape index (κ1) is 25.8. The van der Waals surface area contributed by atoms with Crippen LogP contribution in [0.15, 0.2) is 40.3 Å². The van der Waals surface area contributed by atoms with Crippen LogP contribution >= 0.6 is 0 Å². The topological polar surface area (TPSA) is 210 Å². The van der Waals surface area contributed by atoms with E-state index in [1.807, 2.05) is 0 Å². The number of allylic oxidation sites excluding steroid dienone is 1. The number of carbonyl (C=O) groups is 1. The Balaban J connectivity index is 1.58. The van der Waals surface area contributed by atoms with Crippen LogP contribution in [-0.2, 0) is 27.6 Å². The quantitative estimate of drug-likeness (QED) is 0.102. The van der Waals surface area contributed by atoms with Crippen molar-refractivity contribution in [1.82, 2.24) is 28.9 Å². The van der Waals surface area contributed by atoms with E-state index in [0.29, 0.717) is 38.3 Å². The minimum Gasteiger partial charge on any atom is -0.464 e. The van der Waals surface area contributed by atoms with Gasteiger partial charge in [0.15, 0.2) is 11.2 Å². The number of imidazole rings is 1. The van der Waals surface area contributed by atoms with Crippen LogP contribution in [0, 0.1) is 0 Å². The number of rotatable bonds is 5. The molecule has 2 aliphatic carbocycles. The number of nitrogens with zero attached hydrogens (tertiary/aromatic N) is 6. The first-order valence-corrected chi connectivity index (χ1v) is 13.2. The van der Waals surface area contributed by atoms with Crippen LogP contribution in [0.2, 0.25) is 0 Å². The molecule has 0 fully saturated rings. The molecule has 8 rings (SSSR count). The van der Waals surface area contributed by atoms with E-state index in [1.165, 1.54) is 21.5 Å². The average molecular weight is 566 g/mol. The number of carbonyl (C=O) groups excluding carboxylic acids is 1. The first-order valence-electron chi connectivity index (χ1n) is 13.2. The monoisotopic (exact) mass is 565 g/mol.